The predicted molar refractivity (Wildman–Crippen MR) is 80.0 cm³/mol. The summed E-state index contributed by atoms with van der Waals surface area (Å²) in [4.78, 5) is 11.8. The molecule has 1 aromatic carbocycles. The monoisotopic (exact) mass is 283 g/mol. The maximum atomic E-state index is 11.8. The van der Waals surface area contributed by atoms with Gasteiger partial charge in [-0.25, -0.2) is 4.68 Å². The molecule has 0 aliphatic heterocycles. The summed E-state index contributed by atoms with van der Waals surface area (Å²) in [5.41, 5.74) is 1.78. The molecule has 21 heavy (non-hydrogen) atoms. The van der Waals surface area contributed by atoms with Crippen molar-refractivity contribution in [1.82, 2.24) is 9.78 Å². The second-order valence-corrected chi connectivity index (χ2v) is 4.69. The quantitative estimate of drug-likeness (QED) is 0.844. The summed E-state index contributed by atoms with van der Waals surface area (Å²) in [7, 11) is 1.59. The van der Waals surface area contributed by atoms with Crippen LogP contribution in [0.4, 0.5) is 0 Å². The van der Waals surface area contributed by atoms with Crippen molar-refractivity contribution in [2.45, 2.75) is 19.8 Å². The zero-order chi connectivity index (χ0) is 15.2. The van der Waals surface area contributed by atoms with E-state index in [0.29, 0.717) is 17.9 Å². The average Bonchev–Trinajstić information content (AvgIpc) is 2.50. The maximum absolute atomic E-state index is 11.8. The van der Waals surface area contributed by atoms with E-state index in [1.165, 1.54) is 4.68 Å². The molecule has 5 heteroatoms. The Morgan fingerprint density at radius 3 is 2.67 bits per heavy atom. The lowest BCUT2D eigenvalue weighted by molar-refractivity contribution is 0.317. The second kappa shape index (κ2) is 6.71. The molecule has 0 N–H and O–H groups in total. The SMILES string of the molecule is CCCOc1ccc(-c2cc(CC#N)c(=O)n(C)n2)cc1. The number of ether oxygens (including phenoxy) is 1. The van der Waals surface area contributed by atoms with Gasteiger partial charge in [-0.1, -0.05) is 6.92 Å². The van der Waals surface area contributed by atoms with Gasteiger partial charge in [0.2, 0.25) is 0 Å². The van der Waals surface area contributed by atoms with Gasteiger partial charge in [-0.05, 0) is 36.8 Å². The largest absolute Gasteiger partial charge is 0.494 e. The third kappa shape index (κ3) is 3.48. The van der Waals surface area contributed by atoms with Crippen LogP contribution in [-0.4, -0.2) is 16.4 Å². The Bertz CT molecular complexity index is 712. The van der Waals surface area contributed by atoms with Crippen LogP contribution in [-0.2, 0) is 13.5 Å². The number of aryl methyl sites for hydroxylation is 1. The number of hydrogen-bond acceptors (Lipinski definition) is 4. The van der Waals surface area contributed by atoms with Gasteiger partial charge in [0.15, 0.2) is 0 Å². The predicted octanol–water partition coefficient (Wildman–Crippen LogP) is 2.30. The van der Waals surface area contributed by atoms with Crippen molar-refractivity contribution in [2.24, 2.45) is 7.05 Å². The standard InChI is InChI=1S/C16H17N3O2/c1-3-10-21-14-6-4-12(5-7-14)15-11-13(8-9-17)16(20)19(2)18-15/h4-7,11H,3,8,10H2,1-2H3. The van der Waals surface area contributed by atoms with E-state index in [2.05, 4.69) is 12.0 Å². The first kappa shape index (κ1) is 14.8. The van der Waals surface area contributed by atoms with E-state index in [-0.39, 0.29) is 12.0 Å². The lowest BCUT2D eigenvalue weighted by Gasteiger charge is -2.08. The Labute approximate surface area is 123 Å². The zero-order valence-corrected chi connectivity index (χ0v) is 12.2. The molecule has 0 unspecified atom stereocenters. The van der Waals surface area contributed by atoms with Crippen LogP contribution >= 0.6 is 0 Å². The van der Waals surface area contributed by atoms with E-state index >= 15 is 0 Å². The highest BCUT2D eigenvalue weighted by Gasteiger charge is 2.08. The number of nitriles is 1. The summed E-state index contributed by atoms with van der Waals surface area (Å²) < 4.78 is 6.80. The van der Waals surface area contributed by atoms with Gasteiger partial charge in [0, 0.05) is 18.2 Å². The zero-order valence-electron chi connectivity index (χ0n) is 12.2. The minimum Gasteiger partial charge on any atom is -0.494 e. The molecule has 1 heterocycles. The van der Waals surface area contributed by atoms with Crippen molar-refractivity contribution in [3.05, 3.63) is 46.2 Å². The molecule has 1 aromatic heterocycles. The maximum Gasteiger partial charge on any atom is 0.270 e. The third-order valence-electron chi connectivity index (χ3n) is 3.03. The van der Waals surface area contributed by atoms with Gasteiger partial charge in [-0.3, -0.25) is 4.79 Å². The van der Waals surface area contributed by atoms with Crippen LogP contribution < -0.4 is 10.3 Å². The van der Waals surface area contributed by atoms with Gasteiger partial charge in [0.25, 0.3) is 5.56 Å². The van der Waals surface area contributed by atoms with Crippen molar-refractivity contribution in [1.29, 1.82) is 5.26 Å². The van der Waals surface area contributed by atoms with Gasteiger partial charge >= 0.3 is 0 Å². The van der Waals surface area contributed by atoms with E-state index in [1.54, 1.807) is 13.1 Å². The lowest BCUT2D eigenvalue weighted by Crippen LogP contribution is -2.23. The first-order valence-electron chi connectivity index (χ1n) is 6.83. The van der Waals surface area contributed by atoms with E-state index < -0.39 is 0 Å². The molecule has 0 radical (unpaired) electrons. The van der Waals surface area contributed by atoms with Crippen LogP contribution in [0, 0.1) is 11.3 Å². The highest BCUT2D eigenvalue weighted by Crippen LogP contribution is 2.20. The fourth-order valence-electron chi connectivity index (χ4n) is 1.97. The highest BCUT2D eigenvalue weighted by atomic mass is 16.5. The van der Waals surface area contributed by atoms with Crippen molar-refractivity contribution in [3.63, 3.8) is 0 Å². The minimum atomic E-state index is -0.233. The number of nitrogens with zero attached hydrogens (tertiary/aromatic N) is 3. The van der Waals surface area contributed by atoms with Gasteiger partial charge < -0.3 is 4.74 Å². The Morgan fingerprint density at radius 2 is 2.05 bits per heavy atom. The van der Waals surface area contributed by atoms with Gasteiger partial charge in [-0.2, -0.15) is 10.4 Å². The molecule has 2 aromatic rings. The van der Waals surface area contributed by atoms with Crippen LogP contribution in [0.5, 0.6) is 5.75 Å². The summed E-state index contributed by atoms with van der Waals surface area (Å²) in [5.74, 6) is 0.808. The number of aromatic nitrogens is 2. The lowest BCUT2D eigenvalue weighted by atomic mass is 10.1. The summed E-state index contributed by atoms with van der Waals surface area (Å²) in [6, 6.07) is 11.2. The first-order valence-corrected chi connectivity index (χ1v) is 6.83. The smallest absolute Gasteiger partial charge is 0.270 e. The molecule has 0 atom stereocenters. The molecule has 0 spiro atoms. The molecule has 0 fully saturated rings. The summed E-state index contributed by atoms with van der Waals surface area (Å²) in [6.07, 6.45) is 1.04. The Morgan fingerprint density at radius 1 is 1.33 bits per heavy atom. The molecular formula is C16H17N3O2. The molecule has 0 saturated heterocycles. The highest BCUT2D eigenvalue weighted by molar-refractivity contribution is 5.60. The molecule has 0 aliphatic rings. The molecule has 0 bridgehead atoms. The van der Waals surface area contributed by atoms with Crippen molar-refractivity contribution >= 4 is 0 Å². The van der Waals surface area contributed by atoms with Crippen LogP contribution in [0.3, 0.4) is 0 Å². The molecule has 0 saturated carbocycles. The van der Waals surface area contributed by atoms with Crippen LogP contribution in [0.25, 0.3) is 11.3 Å². The summed E-state index contributed by atoms with van der Waals surface area (Å²) >= 11 is 0. The van der Waals surface area contributed by atoms with Crippen molar-refractivity contribution in [3.8, 4) is 23.1 Å². The van der Waals surface area contributed by atoms with Crippen LogP contribution in [0.15, 0.2) is 35.1 Å². The summed E-state index contributed by atoms with van der Waals surface area (Å²) in [5, 5.41) is 13.0. The van der Waals surface area contributed by atoms with E-state index in [0.717, 1.165) is 17.7 Å². The Hall–Kier alpha value is -2.61. The van der Waals surface area contributed by atoms with Gasteiger partial charge in [0.1, 0.15) is 5.75 Å². The molecular weight excluding hydrogens is 266 g/mol. The van der Waals surface area contributed by atoms with Gasteiger partial charge in [-0.15, -0.1) is 0 Å². The normalized spacial score (nSPS) is 10.1. The number of rotatable bonds is 5. The molecule has 108 valence electrons. The fourth-order valence-corrected chi connectivity index (χ4v) is 1.97. The van der Waals surface area contributed by atoms with Crippen molar-refractivity contribution < 1.29 is 4.74 Å². The van der Waals surface area contributed by atoms with Gasteiger partial charge in [0.05, 0.1) is 24.8 Å². The molecule has 2 rings (SSSR count). The van der Waals surface area contributed by atoms with Crippen molar-refractivity contribution in [2.75, 3.05) is 6.61 Å². The van der Waals surface area contributed by atoms with Crippen LogP contribution in [0.2, 0.25) is 0 Å². The Kier molecular flexibility index (Phi) is 4.72. The Balaban J connectivity index is 2.33. The molecule has 5 nitrogen and oxygen atoms in total. The topological polar surface area (TPSA) is 67.9 Å². The molecule has 0 aliphatic carbocycles. The first-order chi connectivity index (χ1) is 10.2. The van der Waals surface area contributed by atoms with Crippen LogP contribution in [0.1, 0.15) is 18.9 Å². The average molecular weight is 283 g/mol. The van der Waals surface area contributed by atoms with E-state index in [1.807, 2.05) is 30.3 Å². The number of benzene rings is 1. The van der Waals surface area contributed by atoms with E-state index in [9.17, 15) is 4.79 Å². The minimum absolute atomic E-state index is 0.0832. The fraction of sp³-hybridized carbons (Fsp3) is 0.312. The number of hydrogen-bond donors (Lipinski definition) is 0. The second-order valence-electron chi connectivity index (χ2n) is 4.69. The summed E-state index contributed by atoms with van der Waals surface area (Å²) in [6.45, 7) is 2.74. The third-order valence-corrected chi connectivity index (χ3v) is 3.03. The van der Waals surface area contributed by atoms with E-state index in [4.69, 9.17) is 10.00 Å². The molecule has 0 amide bonds.